The quantitative estimate of drug-likeness (QED) is 0.867. The Morgan fingerprint density at radius 1 is 1.30 bits per heavy atom. The first-order chi connectivity index (χ1) is 9.71. The van der Waals surface area contributed by atoms with Gasteiger partial charge in [-0.15, -0.1) is 0 Å². The van der Waals surface area contributed by atoms with Crippen molar-refractivity contribution in [3.63, 3.8) is 0 Å². The van der Waals surface area contributed by atoms with E-state index in [9.17, 15) is 9.59 Å². The van der Waals surface area contributed by atoms with Gasteiger partial charge in [0.15, 0.2) is 0 Å². The summed E-state index contributed by atoms with van der Waals surface area (Å²) >= 11 is 1.72. The van der Waals surface area contributed by atoms with E-state index in [1.807, 2.05) is 42.5 Å². The standard InChI is InChI=1S/C15H16N2O2S/c18-13-15(8-10-20-11-15)16-14(19)17(13)9-4-7-12-5-2-1-3-6-12/h1-7H,8-11H2,(H,16,19)/b7-4+. The van der Waals surface area contributed by atoms with Crippen LogP contribution in [0.4, 0.5) is 4.79 Å². The van der Waals surface area contributed by atoms with Crippen LogP contribution in [0, 0.1) is 0 Å². The number of amides is 3. The fourth-order valence-electron chi connectivity index (χ4n) is 2.53. The number of hydrogen-bond donors (Lipinski definition) is 1. The third kappa shape index (κ3) is 2.33. The van der Waals surface area contributed by atoms with Crippen LogP contribution in [0.5, 0.6) is 0 Å². The second kappa shape index (κ2) is 5.32. The Labute approximate surface area is 122 Å². The molecule has 0 saturated carbocycles. The largest absolute Gasteiger partial charge is 0.325 e. The van der Waals surface area contributed by atoms with Gasteiger partial charge in [0.1, 0.15) is 5.54 Å². The molecule has 0 radical (unpaired) electrons. The Morgan fingerprint density at radius 3 is 2.80 bits per heavy atom. The van der Waals surface area contributed by atoms with Crippen LogP contribution in [-0.4, -0.2) is 40.4 Å². The van der Waals surface area contributed by atoms with Crippen molar-refractivity contribution in [1.82, 2.24) is 10.2 Å². The normalized spacial score (nSPS) is 25.9. The zero-order valence-corrected chi connectivity index (χ0v) is 11.9. The number of imide groups is 1. The van der Waals surface area contributed by atoms with Crippen molar-refractivity contribution < 1.29 is 9.59 Å². The van der Waals surface area contributed by atoms with Gasteiger partial charge in [0.05, 0.1) is 0 Å². The highest BCUT2D eigenvalue weighted by molar-refractivity contribution is 7.99. The zero-order valence-electron chi connectivity index (χ0n) is 11.0. The molecule has 2 saturated heterocycles. The molecule has 5 heteroatoms. The maximum Gasteiger partial charge on any atom is 0.325 e. The third-order valence-corrected chi connectivity index (χ3v) is 4.86. The third-order valence-electron chi connectivity index (χ3n) is 3.67. The zero-order chi connectivity index (χ0) is 14.0. The Bertz CT molecular complexity index is 550. The molecular weight excluding hydrogens is 272 g/mol. The van der Waals surface area contributed by atoms with Gasteiger partial charge in [-0.05, 0) is 17.7 Å². The maximum absolute atomic E-state index is 12.4. The van der Waals surface area contributed by atoms with Crippen LogP contribution < -0.4 is 5.32 Å². The van der Waals surface area contributed by atoms with Crippen molar-refractivity contribution >= 4 is 29.8 Å². The van der Waals surface area contributed by atoms with Crippen LogP contribution in [0.15, 0.2) is 36.4 Å². The number of urea groups is 1. The Kier molecular flexibility index (Phi) is 3.53. The van der Waals surface area contributed by atoms with Crippen LogP contribution in [0.2, 0.25) is 0 Å². The minimum Gasteiger partial charge on any atom is -0.322 e. The number of hydrogen-bond acceptors (Lipinski definition) is 3. The fourth-order valence-corrected chi connectivity index (χ4v) is 3.86. The summed E-state index contributed by atoms with van der Waals surface area (Å²) < 4.78 is 0. The minimum absolute atomic E-state index is 0.0785. The topological polar surface area (TPSA) is 49.4 Å². The number of carbonyl (C=O) groups excluding carboxylic acids is 2. The van der Waals surface area contributed by atoms with Gasteiger partial charge in [-0.1, -0.05) is 42.5 Å². The second-order valence-corrected chi connectivity index (χ2v) is 6.15. The molecule has 1 atom stereocenters. The number of thioether (sulfide) groups is 1. The van der Waals surface area contributed by atoms with Gasteiger partial charge in [-0.25, -0.2) is 4.79 Å². The van der Waals surface area contributed by atoms with E-state index in [0.29, 0.717) is 12.3 Å². The molecule has 1 aromatic rings. The van der Waals surface area contributed by atoms with Crippen molar-refractivity contribution in [3.8, 4) is 0 Å². The van der Waals surface area contributed by atoms with Gasteiger partial charge < -0.3 is 5.32 Å². The van der Waals surface area contributed by atoms with E-state index in [0.717, 1.165) is 17.7 Å². The molecule has 1 aromatic carbocycles. The minimum atomic E-state index is -0.637. The number of rotatable bonds is 3. The molecule has 1 N–H and O–H groups in total. The summed E-state index contributed by atoms with van der Waals surface area (Å²) in [4.78, 5) is 25.6. The summed E-state index contributed by atoms with van der Waals surface area (Å²) in [6, 6.07) is 9.57. The predicted molar refractivity (Wildman–Crippen MR) is 80.4 cm³/mol. The molecule has 2 heterocycles. The monoisotopic (exact) mass is 288 g/mol. The van der Waals surface area contributed by atoms with Crippen LogP contribution in [0.25, 0.3) is 6.08 Å². The molecule has 2 aliphatic rings. The lowest BCUT2D eigenvalue weighted by Gasteiger charge is -2.18. The van der Waals surface area contributed by atoms with Gasteiger partial charge in [-0.3, -0.25) is 9.69 Å². The SMILES string of the molecule is O=C1NC2(CCSC2)C(=O)N1C/C=C/c1ccccc1. The van der Waals surface area contributed by atoms with E-state index in [2.05, 4.69) is 5.32 Å². The van der Waals surface area contributed by atoms with Crippen molar-refractivity contribution in [2.45, 2.75) is 12.0 Å². The lowest BCUT2D eigenvalue weighted by Crippen LogP contribution is -2.47. The van der Waals surface area contributed by atoms with E-state index >= 15 is 0 Å². The first kappa shape index (κ1) is 13.2. The summed E-state index contributed by atoms with van der Waals surface area (Å²) in [6.07, 6.45) is 4.52. The molecule has 1 spiro atoms. The average Bonchev–Trinajstić information content (AvgIpc) is 3.01. The van der Waals surface area contributed by atoms with Crippen molar-refractivity contribution in [2.75, 3.05) is 18.1 Å². The molecule has 0 bridgehead atoms. The lowest BCUT2D eigenvalue weighted by molar-refractivity contribution is -0.130. The first-order valence-corrected chi connectivity index (χ1v) is 7.80. The van der Waals surface area contributed by atoms with Gasteiger partial charge >= 0.3 is 6.03 Å². The Morgan fingerprint density at radius 2 is 2.10 bits per heavy atom. The molecule has 0 aliphatic carbocycles. The molecule has 1 unspecified atom stereocenters. The average molecular weight is 288 g/mol. The number of benzene rings is 1. The number of nitrogens with one attached hydrogen (secondary N) is 1. The van der Waals surface area contributed by atoms with Gasteiger partial charge in [0.2, 0.25) is 0 Å². The Hall–Kier alpha value is -1.75. The molecule has 20 heavy (non-hydrogen) atoms. The van der Waals surface area contributed by atoms with Crippen LogP contribution >= 0.6 is 11.8 Å². The van der Waals surface area contributed by atoms with E-state index in [1.165, 1.54) is 4.90 Å². The van der Waals surface area contributed by atoms with Gasteiger partial charge in [0, 0.05) is 12.3 Å². The van der Waals surface area contributed by atoms with Gasteiger partial charge in [0.25, 0.3) is 5.91 Å². The van der Waals surface area contributed by atoms with Crippen molar-refractivity contribution in [3.05, 3.63) is 42.0 Å². The molecule has 3 amide bonds. The van der Waals surface area contributed by atoms with E-state index in [1.54, 1.807) is 11.8 Å². The summed E-state index contributed by atoms with van der Waals surface area (Å²) in [5.41, 5.74) is 0.424. The summed E-state index contributed by atoms with van der Waals surface area (Å²) in [7, 11) is 0. The maximum atomic E-state index is 12.4. The molecule has 2 aliphatic heterocycles. The van der Waals surface area contributed by atoms with E-state index in [4.69, 9.17) is 0 Å². The smallest absolute Gasteiger partial charge is 0.322 e. The molecule has 3 rings (SSSR count). The van der Waals surface area contributed by atoms with Crippen LogP contribution in [0.3, 0.4) is 0 Å². The molecule has 104 valence electrons. The van der Waals surface area contributed by atoms with E-state index < -0.39 is 5.54 Å². The highest BCUT2D eigenvalue weighted by Gasteiger charge is 2.52. The number of carbonyl (C=O) groups is 2. The van der Waals surface area contributed by atoms with Gasteiger partial charge in [-0.2, -0.15) is 11.8 Å². The van der Waals surface area contributed by atoms with Crippen LogP contribution in [0.1, 0.15) is 12.0 Å². The Balaban J connectivity index is 1.67. The molecule has 0 aromatic heterocycles. The first-order valence-electron chi connectivity index (χ1n) is 6.65. The fraction of sp³-hybridized carbons (Fsp3) is 0.333. The molecule has 4 nitrogen and oxygen atoms in total. The predicted octanol–water partition coefficient (Wildman–Crippen LogP) is 2.13. The number of nitrogens with zero attached hydrogens (tertiary/aromatic N) is 1. The molecular formula is C15H16N2O2S. The molecule has 2 fully saturated rings. The van der Waals surface area contributed by atoms with Crippen molar-refractivity contribution in [2.24, 2.45) is 0 Å². The van der Waals surface area contributed by atoms with Crippen molar-refractivity contribution in [1.29, 1.82) is 0 Å². The lowest BCUT2D eigenvalue weighted by atomic mass is 9.99. The summed E-state index contributed by atoms with van der Waals surface area (Å²) in [5.74, 6) is 1.54. The highest BCUT2D eigenvalue weighted by atomic mass is 32.2. The second-order valence-electron chi connectivity index (χ2n) is 5.04. The van der Waals surface area contributed by atoms with E-state index in [-0.39, 0.29) is 11.9 Å². The summed E-state index contributed by atoms with van der Waals surface area (Å²) in [6.45, 7) is 0.325. The van der Waals surface area contributed by atoms with Crippen LogP contribution in [-0.2, 0) is 4.79 Å². The summed E-state index contributed by atoms with van der Waals surface area (Å²) in [5, 5.41) is 2.86. The highest BCUT2D eigenvalue weighted by Crippen LogP contribution is 2.33.